The van der Waals surface area contributed by atoms with Crippen LogP contribution < -0.4 is 14.8 Å². The maximum atomic E-state index is 13.1. The zero-order valence-electron chi connectivity index (χ0n) is 12.8. The average Bonchev–Trinajstić information content (AvgIpc) is 2.55. The van der Waals surface area contributed by atoms with Crippen molar-refractivity contribution in [3.05, 3.63) is 34.5 Å². The Morgan fingerprint density at radius 2 is 1.96 bits per heavy atom. The van der Waals surface area contributed by atoms with Gasteiger partial charge in [0, 0.05) is 5.56 Å². The molecule has 0 aromatic heterocycles. The molecule has 1 aliphatic rings. The smallest absolute Gasteiger partial charge is 0.573 e. The Bertz CT molecular complexity index is 761. The van der Waals surface area contributed by atoms with E-state index in [2.05, 4.69) is 24.3 Å². The van der Waals surface area contributed by atoms with Crippen LogP contribution in [0.15, 0.2) is 29.0 Å². The molecule has 1 N–H and O–H groups in total. The summed E-state index contributed by atoms with van der Waals surface area (Å²) in [7, 11) is 0. The van der Waals surface area contributed by atoms with Gasteiger partial charge in [-0.3, -0.25) is 0 Å². The lowest BCUT2D eigenvalue weighted by molar-refractivity contribution is -0.498. The van der Waals surface area contributed by atoms with Gasteiger partial charge < -0.3 is 24.3 Å². The number of hydrogen-bond donors (Lipinski definition) is 1. The summed E-state index contributed by atoms with van der Waals surface area (Å²) in [6.07, 6.45) is -12.2. The molecule has 1 aromatic rings. The van der Waals surface area contributed by atoms with Crippen molar-refractivity contribution in [1.82, 2.24) is 0 Å². The first kappa shape index (κ1) is 20.1. The number of esters is 1. The average molecular weight is 402 g/mol. The SMILES string of the molecule is O=C(OCO/N=[NH+]\[O-])C1=Cc2cc(OC(F)(F)F)ccc2O[C@@H]1C(F)(F)F. The molecule has 1 heterocycles. The highest BCUT2D eigenvalue weighted by Gasteiger charge is 2.49. The molecule has 0 bridgehead atoms. The van der Waals surface area contributed by atoms with Crippen LogP contribution >= 0.6 is 0 Å². The van der Waals surface area contributed by atoms with Gasteiger partial charge in [-0.1, -0.05) is 5.28 Å². The zero-order valence-corrected chi connectivity index (χ0v) is 12.8. The molecule has 0 radical (unpaired) electrons. The van der Waals surface area contributed by atoms with Crippen molar-refractivity contribution in [2.75, 3.05) is 6.79 Å². The number of halogens is 6. The van der Waals surface area contributed by atoms with Crippen LogP contribution in [0.5, 0.6) is 11.5 Å². The first-order chi connectivity index (χ1) is 12.5. The summed E-state index contributed by atoms with van der Waals surface area (Å²) in [6, 6.07) is 2.31. The minimum Gasteiger partial charge on any atom is -0.599 e. The lowest BCUT2D eigenvalue weighted by atomic mass is 10.0. The predicted octanol–water partition coefficient (Wildman–Crippen LogP) is 1.75. The van der Waals surface area contributed by atoms with Crippen LogP contribution in [0.3, 0.4) is 0 Å². The van der Waals surface area contributed by atoms with Gasteiger partial charge in [0.1, 0.15) is 11.5 Å². The molecule has 0 spiro atoms. The van der Waals surface area contributed by atoms with Crippen molar-refractivity contribution in [1.29, 1.82) is 0 Å². The van der Waals surface area contributed by atoms with Crippen LogP contribution in [0.25, 0.3) is 6.08 Å². The zero-order chi connectivity index (χ0) is 20.2. The second-order valence-corrected chi connectivity index (χ2v) is 4.75. The maximum absolute atomic E-state index is 13.1. The number of benzene rings is 1. The van der Waals surface area contributed by atoms with E-state index in [9.17, 15) is 36.3 Å². The van der Waals surface area contributed by atoms with Crippen molar-refractivity contribution in [3.8, 4) is 11.5 Å². The fourth-order valence-corrected chi connectivity index (χ4v) is 2.00. The normalized spacial score (nSPS) is 17.0. The molecule has 0 saturated carbocycles. The number of nitrogens with one attached hydrogen (secondary N) is 1. The van der Waals surface area contributed by atoms with Gasteiger partial charge in [0.05, 0.1) is 5.57 Å². The molecular formula is C13H8F6N2O6. The molecule has 0 aliphatic carbocycles. The number of fused-ring (bicyclic) bond motifs is 1. The Hall–Kier alpha value is -3.19. The fraction of sp³-hybridized carbons (Fsp3) is 0.308. The molecule has 2 rings (SSSR count). The molecule has 0 amide bonds. The first-order valence-corrected chi connectivity index (χ1v) is 6.72. The van der Waals surface area contributed by atoms with E-state index in [0.29, 0.717) is 6.08 Å². The van der Waals surface area contributed by atoms with Crippen LogP contribution in [0.4, 0.5) is 26.3 Å². The molecule has 1 aliphatic heterocycles. The van der Waals surface area contributed by atoms with Crippen molar-refractivity contribution in [3.63, 3.8) is 0 Å². The Labute approximate surface area is 145 Å². The lowest BCUT2D eigenvalue weighted by Gasteiger charge is -2.27. The molecule has 1 aromatic carbocycles. The Morgan fingerprint density at radius 1 is 1.26 bits per heavy atom. The molecule has 1 atom stereocenters. The van der Waals surface area contributed by atoms with Gasteiger partial charge in [0.25, 0.3) is 6.79 Å². The summed E-state index contributed by atoms with van der Waals surface area (Å²) >= 11 is 0. The quantitative estimate of drug-likeness (QED) is 0.201. The Morgan fingerprint density at radius 3 is 2.56 bits per heavy atom. The minimum atomic E-state index is -5.04. The van der Waals surface area contributed by atoms with E-state index in [1.807, 2.05) is 0 Å². The number of ether oxygens (including phenoxy) is 3. The summed E-state index contributed by atoms with van der Waals surface area (Å²) in [4.78, 5) is 15.9. The van der Waals surface area contributed by atoms with Gasteiger partial charge in [0.15, 0.2) is 0 Å². The lowest BCUT2D eigenvalue weighted by Crippen LogP contribution is -2.56. The van der Waals surface area contributed by atoms with E-state index in [0.717, 1.165) is 23.5 Å². The van der Waals surface area contributed by atoms with Crippen LogP contribution in [0.2, 0.25) is 0 Å². The number of hydrogen-bond acceptors (Lipinski definition) is 7. The highest BCUT2D eigenvalue weighted by molar-refractivity contribution is 5.96. The Balaban J connectivity index is 2.32. The third kappa shape index (κ3) is 5.39. The van der Waals surface area contributed by atoms with Crippen LogP contribution in [-0.2, 0) is 14.4 Å². The van der Waals surface area contributed by atoms with Gasteiger partial charge in [-0.15, -0.1) is 13.2 Å². The molecule has 0 fully saturated rings. The van der Waals surface area contributed by atoms with Crippen LogP contribution in [-0.4, -0.2) is 31.4 Å². The maximum Gasteiger partial charge on any atom is 0.573 e. The van der Waals surface area contributed by atoms with Crippen molar-refractivity contribution < 1.29 is 55.5 Å². The van der Waals surface area contributed by atoms with E-state index in [1.165, 1.54) is 0 Å². The fourth-order valence-electron chi connectivity index (χ4n) is 2.00. The van der Waals surface area contributed by atoms with Crippen molar-refractivity contribution in [2.24, 2.45) is 5.28 Å². The monoisotopic (exact) mass is 402 g/mol. The number of alkyl halides is 6. The Kier molecular flexibility index (Phi) is 5.66. The standard InChI is InChI=1S/C13H8F6N2O6/c14-12(15,16)10-8(11(22)24-5-25-21-20-23)4-6-3-7(27-13(17,18)19)1-2-9(6)26-10/h1-4,10,20H,5H2/t10-/m0/s1. The topological polar surface area (TPSA) is 103 Å². The van der Waals surface area contributed by atoms with E-state index in [4.69, 9.17) is 0 Å². The van der Waals surface area contributed by atoms with Gasteiger partial charge >= 0.3 is 18.5 Å². The predicted molar refractivity (Wildman–Crippen MR) is 70.4 cm³/mol. The molecular weight excluding hydrogens is 394 g/mol. The van der Waals surface area contributed by atoms with Gasteiger partial charge in [0.2, 0.25) is 11.4 Å². The third-order valence-electron chi connectivity index (χ3n) is 2.93. The second-order valence-electron chi connectivity index (χ2n) is 4.75. The highest BCUT2D eigenvalue weighted by Crippen LogP contribution is 2.39. The van der Waals surface area contributed by atoms with Gasteiger partial charge in [-0.2, -0.15) is 13.2 Å². The van der Waals surface area contributed by atoms with Crippen LogP contribution in [0.1, 0.15) is 5.56 Å². The summed E-state index contributed by atoms with van der Waals surface area (Å²) in [5, 5.41) is 13.3. The van der Waals surface area contributed by atoms with E-state index in [-0.39, 0.29) is 5.56 Å². The summed E-state index contributed by atoms with van der Waals surface area (Å²) < 4.78 is 88.9. The number of rotatable bonds is 5. The second kappa shape index (κ2) is 7.59. The highest BCUT2D eigenvalue weighted by atomic mass is 19.4. The van der Waals surface area contributed by atoms with Crippen molar-refractivity contribution in [2.45, 2.75) is 18.6 Å². The summed E-state index contributed by atoms with van der Waals surface area (Å²) in [5.74, 6) is -2.71. The number of carbonyl (C=O) groups is 1. The molecule has 8 nitrogen and oxygen atoms in total. The van der Waals surface area contributed by atoms with Gasteiger partial charge in [-0.05, 0) is 24.3 Å². The number of carbonyl (C=O) groups excluding carboxylic acids is 1. The first-order valence-electron chi connectivity index (χ1n) is 6.72. The van der Waals surface area contributed by atoms with E-state index in [1.54, 1.807) is 0 Å². The van der Waals surface area contributed by atoms with E-state index >= 15 is 0 Å². The van der Waals surface area contributed by atoms with E-state index < -0.39 is 48.5 Å². The van der Waals surface area contributed by atoms with Crippen LogP contribution in [0, 0.1) is 5.21 Å². The molecule has 14 heteroatoms. The summed E-state index contributed by atoms with van der Waals surface area (Å²) in [5.41, 5.74) is -1.34. The van der Waals surface area contributed by atoms with Gasteiger partial charge in [-0.25, -0.2) is 4.79 Å². The largest absolute Gasteiger partial charge is 0.599 e. The third-order valence-corrected chi connectivity index (χ3v) is 2.93. The molecule has 27 heavy (non-hydrogen) atoms. The summed E-state index contributed by atoms with van der Waals surface area (Å²) in [6.45, 7) is -1.000. The molecule has 0 unspecified atom stereocenters. The molecule has 0 saturated heterocycles. The van der Waals surface area contributed by atoms with Crippen molar-refractivity contribution >= 4 is 12.0 Å². The minimum absolute atomic E-state index is 0.281. The number of nitrogens with zero attached hydrogens (tertiary/aromatic N) is 1. The molecule has 148 valence electrons.